The average Bonchev–Trinajstić information content (AvgIpc) is 3.09. The zero-order chi connectivity index (χ0) is 25.0. The first-order valence-corrected chi connectivity index (χ1v) is 10.8. The van der Waals surface area contributed by atoms with E-state index in [1.54, 1.807) is 24.3 Å². The van der Waals surface area contributed by atoms with Crippen molar-refractivity contribution in [2.75, 3.05) is 0 Å². The smallest absolute Gasteiger partial charge is 0.266 e. The fourth-order valence-electron chi connectivity index (χ4n) is 4.04. The molecule has 0 heterocycles. The van der Waals surface area contributed by atoms with Crippen LogP contribution >= 0.6 is 0 Å². The third-order valence-corrected chi connectivity index (χ3v) is 5.84. The predicted molar refractivity (Wildman–Crippen MR) is 120 cm³/mol. The van der Waals surface area contributed by atoms with E-state index in [9.17, 15) is 34.9 Å². The summed E-state index contributed by atoms with van der Waals surface area (Å²) in [5.74, 6) is -3.99. The summed E-state index contributed by atoms with van der Waals surface area (Å²) in [5.41, 5.74) is 1.70. The molecule has 10 nitrogen and oxygen atoms in total. The molecule has 0 radical (unpaired) electrons. The second-order valence-electron chi connectivity index (χ2n) is 8.92. The fourth-order valence-corrected chi connectivity index (χ4v) is 4.04. The number of hydrogen-bond donors (Lipinski definition) is 7. The number of phenols is 1. The monoisotopic (exact) mass is 471 g/mol. The Morgan fingerprint density at radius 3 is 2.44 bits per heavy atom. The van der Waals surface area contributed by atoms with Crippen molar-refractivity contribution < 1.29 is 34.9 Å². The maximum absolute atomic E-state index is 13.5. The average molecular weight is 472 g/mol. The van der Waals surface area contributed by atoms with Crippen molar-refractivity contribution in [1.82, 2.24) is 16.1 Å². The van der Waals surface area contributed by atoms with Gasteiger partial charge in [-0.1, -0.05) is 36.4 Å². The molecule has 1 aliphatic rings. The minimum absolute atomic E-state index is 0.0551. The molecule has 2 aromatic carbocycles. The standard InChI is InChI=1S/C24H29N3O7/c1-24(2,33)23(32)26-20(22(31)27-34)17(11-13-6-5-8-15(28)10-13)21(30)25-19-16-9-4-3-7-14(16)12-18(19)29/h3-10,17-20,28-29,33-34H,11-12H2,1-2H3,(H,25,30)(H,26,32)(H,27,31)/t17-,18-,19+,20+/m1/s1. The summed E-state index contributed by atoms with van der Waals surface area (Å²) in [6.07, 6.45) is -0.651. The topological polar surface area (TPSA) is 168 Å². The van der Waals surface area contributed by atoms with Gasteiger partial charge in [0.05, 0.1) is 18.1 Å². The maximum atomic E-state index is 13.5. The van der Waals surface area contributed by atoms with Crippen molar-refractivity contribution in [1.29, 1.82) is 0 Å². The Balaban J connectivity index is 1.95. The highest BCUT2D eigenvalue weighted by Crippen LogP contribution is 2.32. The lowest BCUT2D eigenvalue weighted by Crippen LogP contribution is -2.58. The molecule has 0 unspecified atom stereocenters. The van der Waals surface area contributed by atoms with Crippen LogP contribution in [0, 0.1) is 5.92 Å². The predicted octanol–water partition coefficient (Wildman–Crippen LogP) is 0.0865. The molecular weight excluding hydrogens is 442 g/mol. The molecule has 3 rings (SSSR count). The zero-order valence-electron chi connectivity index (χ0n) is 18.9. The van der Waals surface area contributed by atoms with Gasteiger partial charge in [0.2, 0.25) is 5.91 Å². The lowest BCUT2D eigenvalue weighted by atomic mass is 9.89. The highest BCUT2D eigenvalue weighted by molar-refractivity contribution is 5.95. The van der Waals surface area contributed by atoms with Gasteiger partial charge in [0.15, 0.2) is 0 Å². The number of phenolic OH excluding ortho intramolecular Hbond substituents is 1. The van der Waals surface area contributed by atoms with E-state index in [1.807, 2.05) is 12.1 Å². The number of hydroxylamine groups is 1. The van der Waals surface area contributed by atoms with Crippen molar-refractivity contribution in [3.05, 3.63) is 65.2 Å². The third kappa shape index (κ3) is 5.71. The lowest BCUT2D eigenvalue weighted by Gasteiger charge is -2.30. The van der Waals surface area contributed by atoms with Crippen LogP contribution in [-0.2, 0) is 27.2 Å². The van der Waals surface area contributed by atoms with Crippen molar-refractivity contribution in [3.63, 3.8) is 0 Å². The fraction of sp³-hybridized carbons (Fsp3) is 0.375. The van der Waals surface area contributed by atoms with E-state index in [-0.39, 0.29) is 12.2 Å². The Kier molecular flexibility index (Phi) is 7.55. The van der Waals surface area contributed by atoms with Gasteiger partial charge in [0, 0.05) is 6.42 Å². The second-order valence-corrected chi connectivity index (χ2v) is 8.92. The number of amides is 3. The van der Waals surface area contributed by atoms with Gasteiger partial charge in [-0.05, 0) is 49.1 Å². The number of aliphatic hydroxyl groups excluding tert-OH is 1. The summed E-state index contributed by atoms with van der Waals surface area (Å²) in [5, 5.41) is 44.8. The molecule has 3 amide bonds. The van der Waals surface area contributed by atoms with E-state index in [2.05, 4.69) is 10.6 Å². The molecule has 0 aromatic heterocycles. The van der Waals surface area contributed by atoms with Crippen LogP contribution in [0.1, 0.15) is 36.6 Å². The Morgan fingerprint density at radius 2 is 1.79 bits per heavy atom. The number of benzene rings is 2. The van der Waals surface area contributed by atoms with Crippen LogP contribution in [-0.4, -0.2) is 56.0 Å². The highest BCUT2D eigenvalue weighted by Gasteiger charge is 2.40. The number of fused-ring (bicyclic) bond motifs is 1. The molecule has 0 aliphatic heterocycles. The first-order chi connectivity index (χ1) is 16.0. The summed E-state index contributed by atoms with van der Waals surface area (Å²) < 4.78 is 0. The number of rotatable bonds is 8. The number of hydrogen-bond acceptors (Lipinski definition) is 7. The molecular formula is C24H29N3O7. The van der Waals surface area contributed by atoms with Crippen LogP contribution in [0.2, 0.25) is 0 Å². The first kappa shape index (κ1) is 25.2. The van der Waals surface area contributed by atoms with E-state index in [1.165, 1.54) is 31.5 Å². The van der Waals surface area contributed by atoms with Crippen LogP contribution in [0.15, 0.2) is 48.5 Å². The van der Waals surface area contributed by atoms with Crippen molar-refractivity contribution in [3.8, 4) is 5.75 Å². The van der Waals surface area contributed by atoms with Crippen LogP contribution in [0.4, 0.5) is 0 Å². The molecule has 1 aliphatic carbocycles. The molecule has 0 bridgehead atoms. The minimum atomic E-state index is -1.86. The normalized spacial score (nSPS) is 19.0. The number of aromatic hydroxyl groups is 1. The first-order valence-electron chi connectivity index (χ1n) is 10.8. The van der Waals surface area contributed by atoms with Gasteiger partial charge >= 0.3 is 0 Å². The summed E-state index contributed by atoms with van der Waals surface area (Å²) in [4.78, 5) is 38.5. The van der Waals surface area contributed by atoms with Gasteiger partial charge in [0.25, 0.3) is 11.8 Å². The van der Waals surface area contributed by atoms with E-state index in [0.717, 1.165) is 11.1 Å². The Labute approximate surface area is 196 Å². The second kappa shape index (κ2) is 10.2. The number of carbonyl (C=O) groups excluding carboxylic acids is 3. The van der Waals surface area contributed by atoms with Gasteiger partial charge in [-0.15, -0.1) is 0 Å². The molecule has 0 spiro atoms. The van der Waals surface area contributed by atoms with Gasteiger partial charge in [-0.25, -0.2) is 5.48 Å². The van der Waals surface area contributed by atoms with E-state index in [4.69, 9.17) is 0 Å². The molecule has 7 N–H and O–H groups in total. The molecule has 4 atom stereocenters. The van der Waals surface area contributed by atoms with Crippen LogP contribution in [0.5, 0.6) is 5.75 Å². The molecule has 34 heavy (non-hydrogen) atoms. The highest BCUT2D eigenvalue weighted by atomic mass is 16.5. The van der Waals surface area contributed by atoms with Gasteiger partial charge < -0.3 is 26.0 Å². The molecule has 182 valence electrons. The summed E-state index contributed by atoms with van der Waals surface area (Å²) in [6.45, 7) is 2.43. The molecule has 2 aromatic rings. The van der Waals surface area contributed by atoms with E-state index in [0.29, 0.717) is 12.0 Å². The SMILES string of the molecule is CC(C)(O)C(=O)N[C@H](C(=O)NO)[C@@H](Cc1cccc(O)c1)C(=O)N[C@H]1c2ccccc2C[C@H]1O. The van der Waals surface area contributed by atoms with Crippen molar-refractivity contribution in [2.24, 2.45) is 5.92 Å². The Hall–Kier alpha value is -3.47. The largest absolute Gasteiger partial charge is 0.508 e. The molecule has 0 fully saturated rings. The number of aliphatic hydroxyl groups is 2. The Morgan fingerprint density at radius 1 is 1.09 bits per heavy atom. The van der Waals surface area contributed by atoms with Crippen molar-refractivity contribution in [2.45, 2.75) is 50.5 Å². The van der Waals surface area contributed by atoms with Crippen molar-refractivity contribution >= 4 is 17.7 Å². The van der Waals surface area contributed by atoms with Crippen LogP contribution in [0.3, 0.4) is 0 Å². The number of carbonyl (C=O) groups is 3. The van der Waals surface area contributed by atoms with E-state index < -0.39 is 47.4 Å². The van der Waals surface area contributed by atoms with Gasteiger partial charge in [0.1, 0.15) is 17.4 Å². The molecule has 0 saturated heterocycles. The summed E-state index contributed by atoms with van der Waals surface area (Å²) in [6, 6.07) is 11.0. The maximum Gasteiger partial charge on any atom is 0.266 e. The van der Waals surface area contributed by atoms with Gasteiger partial charge in [-0.2, -0.15) is 0 Å². The Bertz CT molecular complexity index is 1070. The summed E-state index contributed by atoms with van der Waals surface area (Å²) >= 11 is 0. The minimum Gasteiger partial charge on any atom is -0.508 e. The molecule has 10 heteroatoms. The van der Waals surface area contributed by atoms with Gasteiger partial charge in [-0.3, -0.25) is 19.6 Å². The van der Waals surface area contributed by atoms with Crippen LogP contribution in [0.25, 0.3) is 0 Å². The third-order valence-electron chi connectivity index (χ3n) is 5.84. The number of nitrogens with one attached hydrogen (secondary N) is 3. The lowest BCUT2D eigenvalue weighted by molar-refractivity contribution is -0.145. The van der Waals surface area contributed by atoms with E-state index >= 15 is 0 Å². The quantitative estimate of drug-likeness (QED) is 0.211. The summed E-state index contributed by atoms with van der Waals surface area (Å²) in [7, 11) is 0. The zero-order valence-corrected chi connectivity index (χ0v) is 18.9. The van der Waals surface area contributed by atoms with Crippen LogP contribution < -0.4 is 16.1 Å². The molecule has 0 saturated carbocycles.